The van der Waals surface area contributed by atoms with Gasteiger partial charge < -0.3 is 5.32 Å². The molecule has 0 radical (unpaired) electrons. The smallest absolute Gasteiger partial charge is 0.234 e. The van der Waals surface area contributed by atoms with Gasteiger partial charge in [0.2, 0.25) is 5.91 Å². The molecule has 0 unspecified atom stereocenters. The number of nitrogens with zero attached hydrogens (tertiary/aromatic N) is 4. The predicted octanol–water partition coefficient (Wildman–Crippen LogP) is 4.22. The molecule has 1 aromatic carbocycles. The molecule has 0 saturated carbocycles. The lowest BCUT2D eigenvalue weighted by atomic mass is 10.1. The molecule has 6 nitrogen and oxygen atoms in total. The molecule has 2 aromatic heterocycles. The van der Waals surface area contributed by atoms with E-state index in [9.17, 15) is 4.79 Å². The quantitative estimate of drug-likeness (QED) is 0.366. The molecule has 138 valence electrons. The van der Waals surface area contributed by atoms with Crippen molar-refractivity contribution >= 4 is 35.0 Å². The monoisotopic (exact) mass is 399 g/mol. The average molecular weight is 400 g/mol. The number of hydrogen-bond acceptors (Lipinski definition) is 5. The van der Waals surface area contributed by atoms with E-state index in [0.29, 0.717) is 17.4 Å². The summed E-state index contributed by atoms with van der Waals surface area (Å²) in [6.45, 7) is 6.38. The van der Waals surface area contributed by atoms with Crippen LogP contribution in [0, 0.1) is 6.92 Å². The van der Waals surface area contributed by atoms with Crippen LogP contribution in [0.3, 0.4) is 0 Å². The molecule has 0 fully saturated rings. The lowest BCUT2D eigenvalue weighted by Gasteiger charge is -2.09. The Hall–Kier alpha value is -2.64. The Morgan fingerprint density at radius 1 is 1.33 bits per heavy atom. The SMILES string of the molecule is C=CCn1c(SCC(=O)Nc2cccnc2Cl)nnc1-c1cccc(C)c1. The summed E-state index contributed by atoms with van der Waals surface area (Å²) in [6, 6.07) is 11.5. The van der Waals surface area contributed by atoms with Gasteiger partial charge in [-0.3, -0.25) is 9.36 Å². The zero-order valence-corrected chi connectivity index (χ0v) is 16.3. The number of carbonyl (C=O) groups is 1. The van der Waals surface area contributed by atoms with Gasteiger partial charge in [-0.05, 0) is 25.1 Å². The zero-order valence-electron chi connectivity index (χ0n) is 14.7. The summed E-state index contributed by atoms with van der Waals surface area (Å²) in [5.74, 6) is 0.728. The van der Waals surface area contributed by atoms with Gasteiger partial charge in [-0.25, -0.2) is 4.98 Å². The van der Waals surface area contributed by atoms with Crippen LogP contribution in [0.1, 0.15) is 5.56 Å². The Labute approximate surface area is 166 Å². The summed E-state index contributed by atoms with van der Waals surface area (Å²) in [5.41, 5.74) is 2.60. The van der Waals surface area contributed by atoms with Crippen LogP contribution in [0.15, 0.2) is 60.4 Å². The van der Waals surface area contributed by atoms with Crippen molar-refractivity contribution in [3.63, 3.8) is 0 Å². The summed E-state index contributed by atoms with van der Waals surface area (Å²) >= 11 is 7.27. The first-order valence-corrected chi connectivity index (χ1v) is 9.59. The van der Waals surface area contributed by atoms with E-state index in [1.54, 1.807) is 24.4 Å². The molecule has 0 aliphatic carbocycles. The average Bonchev–Trinajstić information content (AvgIpc) is 3.05. The zero-order chi connectivity index (χ0) is 19.2. The summed E-state index contributed by atoms with van der Waals surface area (Å²) in [7, 11) is 0. The first kappa shape index (κ1) is 19.1. The number of benzene rings is 1. The summed E-state index contributed by atoms with van der Waals surface area (Å²) in [6.07, 6.45) is 3.35. The molecular weight excluding hydrogens is 382 g/mol. The van der Waals surface area contributed by atoms with Crippen LogP contribution in [-0.2, 0) is 11.3 Å². The Bertz CT molecular complexity index is 972. The Morgan fingerprint density at radius 3 is 2.93 bits per heavy atom. The third-order valence-electron chi connectivity index (χ3n) is 3.67. The number of pyridine rings is 1. The molecule has 0 aliphatic rings. The van der Waals surface area contributed by atoms with Crippen molar-refractivity contribution in [3.05, 3.63) is 66.0 Å². The number of aromatic nitrogens is 4. The Balaban J connectivity index is 1.74. The molecule has 27 heavy (non-hydrogen) atoms. The number of halogens is 1. The largest absolute Gasteiger partial charge is 0.323 e. The van der Waals surface area contributed by atoms with E-state index in [1.807, 2.05) is 29.7 Å². The summed E-state index contributed by atoms with van der Waals surface area (Å²) in [4.78, 5) is 16.2. The molecule has 0 aliphatic heterocycles. The second-order valence-electron chi connectivity index (χ2n) is 5.75. The van der Waals surface area contributed by atoms with Gasteiger partial charge in [-0.15, -0.1) is 16.8 Å². The molecule has 1 N–H and O–H groups in total. The molecule has 1 amide bonds. The minimum Gasteiger partial charge on any atom is -0.323 e. The van der Waals surface area contributed by atoms with E-state index >= 15 is 0 Å². The third-order valence-corrected chi connectivity index (χ3v) is 4.94. The second-order valence-corrected chi connectivity index (χ2v) is 7.05. The number of thioether (sulfide) groups is 1. The van der Waals surface area contributed by atoms with E-state index in [2.05, 4.69) is 33.1 Å². The van der Waals surface area contributed by atoms with Gasteiger partial charge in [0.15, 0.2) is 16.1 Å². The highest BCUT2D eigenvalue weighted by Gasteiger charge is 2.15. The number of rotatable bonds is 7. The third kappa shape index (κ3) is 4.75. The van der Waals surface area contributed by atoms with Crippen molar-refractivity contribution in [1.82, 2.24) is 19.7 Å². The molecule has 0 atom stereocenters. The van der Waals surface area contributed by atoms with Gasteiger partial charge in [0.1, 0.15) is 0 Å². The van der Waals surface area contributed by atoms with Crippen molar-refractivity contribution in [1.29, 1.82) is 0 Å². The number of carbonyl (C=O) groups excluding carboxylic acids is 1. The molecule has 3 rings (SSSR count). The fourth-order valence-corrected chi connectivity index (χ4v) is 3.40. The lowest BCUT2D eigenvalue weighted by Crippen LogP contribution is -2.15. The molecule has 0 spiro atoms. The predicted molar refractivity (Wildman–Crippen MR) is 109 cm³/mol. The van der Waals surface area contributed by atoms with Crippen LogP contribution >= 0.6 is 23.4 Å². The van der Waals surface area contributed by atoms with Gasteiger partial charge in [0, 0.05) is 18.3 Å². The number of amides is 1. The second kappa shape index (κ2) is 8.83. The standard InChI is InChI=1S/C19H18ClN5OS/c1-3-10-25-18(14-7-4-6-13(2)11-14)23-24-19(25)27-12-16(26)22-15-8-5-9-21-17(15)20/h3-9,11H,1,10,12H2,2H3,(H,22,26). The number of anilines is 1. The van der Waals surface area contributed by atoms with Crippen LogP contribution in [0.2, 0.25) is 5.15 Å². The summed E-state index contributed by atoms with van der Waals surface area (Å²) < 4.78 is 1.94. The molecule has 2 heterocycles. The van der Waals surface area contributed by atoms with Crippen molar-refractivity contribution in [2.45, 2.75) is 18.6 Å². The van der Waals surface area contributed by atoms with Crippen LogP contribution in [0.5, 0.6) is 0 Å². The fraction of sp³-hybridized carbons (Fsp3) is 0.158. The number of nitrogens with one attached hydrogen (secondary N) is 1. The van der Waals surface area contributed by atoms with Gasteiger partial charge >= 0.3 is 0 Å². The van der Waals surface area contributed by atoms with Crippen molar-refractivity contribution in [2.75, 3.05) is 11.1 Å². The van der Waals surface area contributed by atoms with Gasteiger partial charge in [-0.2, -0.15) is 0 Å². The maximum atomic E-state index is 12.2. The van der Waals surface area contributed by atoms with E-state index in [1.165, 1.54) is 11.8 Å². The highest BCUT2D eigenvalue weighted by Crippen LogP contribution is 2.25. The van der Waals surface area contributed by atoms with Crippen molar-refractivity contribution < 1.29 is 4.79 Å². The van der Waals surface area contributed by atoms with E-state index < -0.39 is 0 Å². The highest BCUT2D eigenvalue weighted by atomic mass is 35.5. The van der Waals surface area contributed by atoms with E-state index in [-0.39, 0.29) is 16.8 Å². The number of hydrogen-bond donors (Lipinski definition) is 1. The maximum absolute atomic E-state index is 12.2. The number of allylic oxidation sites excluding steroid dienone is 1. The first-order valence-electron chi connectivity index (χ1n) is 8.23. The van der Waals surface area contributed by atoms with Gasteiger partial charge in [0.05, 0.1) is 11.4 Å². The normalized spacial score (nSPS) is 10.6. The van der Waals surface area contributed by atoms with E-state index in [0.717, 1.165) is 17.0 Å². The van der Waals surface area contributed by atoms with Crippen LogP contribution in [-0.4, -0.2) is 31.4 Å². The number of aryl methyl sites for hydroxylation is 1. The van der Waals surface area contributed by atoms with E-state index in [4.69, 9.17) is 11.6 Å². The van der Waals surface area contributed by atoms with Crippen molar-refractivity contribution in [2.24, 2.45) is 0 Å². The molecule has 0 bridgehead atoms. The molecule has 3 aromatic rings. The lowest BCUT2D eigenvalue weighted by molar-refractivity contribution is -0.113. The fourth-order valence-electron chi connectivity index (χ4n) is 2.48. The minimum atomic E-state index is -0.194. The van der Waals surface area contributed by atoms with Crippen molar-refractivity contribution in [3.8, 4) is 11.4 Å². The maximum Gasteiger partial charge on any atom is 0.234 e. The molecule has 8 heteroatoms. The van der Waals surface area contributed by atoms with Crippen LogP contribution < -0.4 is 5.32 Å². The van der Waals surface area contributed by atoms with Gasteiger partial charge in [-0.1, -0.05) is 53.2 Å². The first-order chi connectivity index (χ1) is 13.1. The van der Waals surface area contributed by atoms with Gasteiger partial charge in [0.25, 0.3) is 0 Å². The van der Waals surface area contributed by atoms with Crippen LogP contribution in [0.4, 0.5) is 5.69 Å². The topological polar surface area (TPSA) is 72.7 Å². The Morgan fingerprint density at radius 2 is 2.19 bits per heavy atom. The minimum absolute atomic E-state index is 0.175. The molecular formula is C19H18ClN5OS. The summed E-state index contributed by atoms with van der Waals surface area (Å²) in [5, 5.41) is 12.2. The Kier molecular flexibility index (Phi) is 6.26. The van der Waals surface area contributed by atoms with Crippen LogP contribution in [0.25, 0.3) is 11.4 Å². The highest BCUT2D eigenvalue weighted by molar-refractivity contribution is 7.99. The molecule has 0 saturated heterocycles.